The summed E-state index contributed by atoms with van der Waals surface area (Å²) in [4.78, 5) is 0. The van der Waals surface area contributed by atoms with Gasteiger partial charge in [-0.1, -0.05) is 31.5 Å². The summed E-state index contributed by atoms with van der Waals surface area (Å²) in [6, 6.07) is 8.24. The molecular weight excluding hydrogens is 177 g/mol. The van der Waals surface area contributed by atoms with Crippen molar-refractivity contribution in [3.05, 3.63) is 29.8 Å². The minimum Gasteiger partial charge on any atom is -0.385 e. The Morgan fingerprint density at radius 3 is 2.79 bits per heavy atom. The van der Waals surface area contributed by atoms with Gasteiger partial charge in [0.25, 0.3) is 0 Å². The minimum atomic E-state index is -0.247. The molecule has 0 bridgehead atoms. The van der Waals surface area contributed by atoms with E-state index in [-0.39, 0.29) is 6.67 Å². The number of para-hydroxylation sites is 1. The summed E-state index contributed by atoms with van der Waals surface area (Å²) in [5, 5.41) is 3.26. The molecule has 1 aromatic carbocycles. The van der Waals surface area contributed by atoms with Crippen LogP contribution < -0.4 is 5.32 Å². The van der Waals surface area contributed by atoms with Crippen LogP contribution in [0.4, 0.5) is 10.1 Å². The van der Waals surface area contributed by atoms with Gasteiger partial charge in [-0.25, -0.2) is 0 Å². The lowest BCUT2D eigenvalue weighted by molar-refractivity contribution is 0.481. The molecule has 1 nitrogen and oxygen atoms in total. The number of halogens is 1. The van der Waals surface area contributed by atoms with Crippen molar-refractivity contribution in [2.24, 2.45) is 0 Å². The second-order valence-corrected chi connectivity index (χ2v) is 3.38. The monoisotopic (exact) mass is 195 g/mol. The molecule has 1 N–H and O–H groups in total. The first kappa shape index (κ1) is 11.0. The number of hydrogen-bond donors (Lipinski definition) is 1. The zero-order valence-corrected chi connectivity index (χ0v) is 8.72. The van der Waals surface area contributed by atoms with Crippen molar-refractivity contribution in [2.75, 3.05) is 18.5 Å². The average molecular weight is 195 g/mol. The van der Waals surface area contributed by atoms with Crippen molar-refractivity contribution in [1.29, 1.82) is 0 Å². The van der Waals surface area contributed by atoms with E-state index in [1.54, 1.807) is 0 Å². The molecule has 1 aromatic rings. The van der Waals surface area contributed by atoms with Crippen molar-refractivity contribution in [2.45, 2.75) is 26.2 Å². The Morgan fingerprint density at radius 1 is 1.29 bits per heavy atom. The van der Waals surface area contributed by atoms with Crippen LogP contribution in [0.15, 0.2) is 24.3 Å². The molecule has 0 aliphatic heterocycles. The van der Waals surface area contributed by atoms with Crippen molar-refractivity contribution in [3.8, 4) is 0 Å². The number of nitrogens with one attached hydrogen (secondary N) is 1. The van der Waals surface area contributed by atoms with Crippen LogP contribution in [0.1, 0.15) is 25.3 Å². The number of alkyl halides is 1. The zero-order valence-electron chi connectivity index (χ0n) is 8.72. The molecule has 0 saturated heterocycles. The van der Waals surface area contributed by atoms with Crippen LogP contribution in [0.2, 0.25) is 0 Å². The van der Waals surface area contributed by atoms with Crippen LogP contribution in [0.3, 0.4) is 0 Å². The molecule has 0 fully saturated rings. The van der Waals surface area contributed by atoms with Gasteiger partial charge >= 0.3 is 0 Å². The first-order valence-corrected chi connectivity index (χ1v) is 5.26. The molecule has 78 valence electrons. The van der Waals surface area contributed by atoms with Gasteiger partial charge in [-0.15, -0.1) is 0 Å². The van der Waals surface area contributed by atoms with Crippen LogP contribution in [-0.2, 0) is 6.42 Å². The lowest BCUT2D eigenvalue weighted by Crippen LogP contribution is -2.04. The summed E-state index contributed by atoms with van der Waals surface area (Å²) >= 11 is 0. The topological polar surface area (TPSA) is 12.0 Å². The Morgan fingerprint density at radius 2 is 2.07 bits per heavy atom. The number of hydrogen-bond acceptors (Lipinski definition) is 1. The Balaban J connectivity index is 2.55. The van der Waals surface area contributed by atoms with Gasteiger partial charge in [0.2, 0.25) is 0 Å². The molecule has 0 amide bonds. The molecule has 0 saturated carbocycles. The Hall–Kier alpha value is -1.05. The van der Waals surface area contributed by atoms with Gasteiger partial charge in [0.15, 0.2) is 0 Å². The normalized spacial score (nSPS) is 10.1. The summed E-state index contributed by atoms with van der Waals surface area (Å²) in [6.45, 7) is 2.64. The standard InChI is InChI=1S/C12H18FN/c1-2-6-11-7-3-4-8-12(11)14-10-5-9-13/h3-4,7-8,14H,2,5-6,9-10H2,1H3. The van der Waals surface area contributed by atoms with E-state index in [1.165, 1.54) is 5.56 Å². The third kappa shape index (κ3) is 3.36. The minimum absolute atomic E-state index is 0.247. The van der Waals surface area contributed by atoms with Gasteiger partial charge in [0.1, 0.15) is 0 Å². The third-order valence-corrected chi connectivity index (χ3v) is 2.16. The summed E-state index contributed by atoms with van der Waals surface area (Å²) in [7, 11) is 0. The second-order valence-electron chi connectivity index (χ2n) is 3.38. The molecular formula is C12H18FN. The number of aryl methyl sites for hydroxylation is 1. The molecule has 2 heteroatoms. The lowest BCUT2D eigenvalue weighted by atomic mass is 10.1. The number of benzene rings is 1. The lowest BCUT2D eigenvalue weighted by Gasteiger charge is -2.10. The first-order chi connectivity index (χ1) is 6.88. The molecule has 0 unspecified atom stereocenters. The fourth-order valence-corrected chi connectivity index (χ4v) is 1.47. The number of rotatable bonds is 6. The van der Waals surface area contributed by atoms with Gasteiger partial charge < -0.3 is 5.32 Å². The van der Waals surface area contributed by atoms with Crippen LogP contribution >= 0.6 is 0 Å². The van der Waals surface area contributed by atoms with E-state index in [2.05, 4.69) is 24.4 Å². The molecule has 14 heavy (non-hydrogen) atoms. The fourth-order valence-electron chi connectivity index (χ4n) is 1.47. The summed E-state index contributed by atoms with van der Waals surface area (Å²) in [5.74, 6) is 0. The Kier molecular flexibility index (Phi) is 5.05. The number of anilines is 1. The predicted octanol–water partition coefficient (Wildman–Crippen LogP) is 3.41. The van der Waals surface area contributed by atoms with Gasteiger partial charge in [-0.2, -0.15) is 0 Å². The quantitative estimate of drug-likeness (QED) is 0.686. The van der Waals surface area contributed by atoms with Crippen molar-refractivity contribution >= 4 is 5.69 Å². The summed E-state index contributed by atoms with van der Waals surface area (Å²) < 4.78 is 11.9. The highest BCUT2D eigenvalue weighted by atomic mass is 19.1. The van der Waals surface area contributed by atoms with E-state index >= 15 is 0 Å². The largest absolute Gasteiger partial charge is 0.385 e. The van der Waals surface area contributed by atoms with Crippen LogP contribution in [0.25, 0.3) is 0 Å². The Labute approximate surface area is 85.3 Å². The fraction of sp³-hybridized carbons (Fsp3) is 0.500. The van der Waals surface area contributed by atoms with Crippen LogP contribution in [0.5, 0.6) is 0 Å². The van der Waals surface area contributed by atoms with Crippen molar-refractivity contribution < 1.29 is 4.39 Å². The highest BCUT2D eigenvalue weighted by Crippen LogP contribution is 2.16. The van der Waals surface area contributed by atoms with Gasteiger partial charge in [0, 0.05) is 12.2 Å². The van der Waals surface area contributed by atoms with E-state index in [1.807, 2.05) is 12.1 Å². The molecule has 1 rings (SSSR count). The smallest absolute Gasteiger partial charge is 0.0911 e. The second kappa shape index (κ2) is 6.41. The highest BCUT2D eigenvalue weighted by Gasteiger charge is 1.98. The maximum atomic E-state index is 11.9. The highest BCUT2D eigenvalue weighted by molar-refractivity contribution is 5.51. The molecule has 0 spiro atoms. The van der Waals surface area contributed by atoms with E-state index < -0.39 is 0 Å². The van der Waals surface area contributed by atoms with Crippen LogP contribution in [0, 0.1) is 0 Å². The SMILES string of the molecule is CCCc1ccccc1NCCCF. The maximum absolute atomic E-state index is 11.9. The van der Waals surface area contributed by atoms with Crippen molar-refractivity contribution in [3.63, 3.8) is 0 Å². The molecule has 0 atom stereocenters. The van der Waals surface area contributed by atoms with E-state index in [0.29, 0.717) is 6.42 Å². The molecule has 0 aliphatic rings. The maximum Gasteiger partial charge on any atom is 0.0911 e. The molecule has 0 aromatic heterocycles. The van der Waals surface area contributed by atoms with E-state index in [0.717, 1.165) is 25.1 Å². The van der Waals surface area contributed by atoms with Crippen molar-refractivity contribution in [1.82, 2.24) is 0 Å². The van der Waals surface area contributed by atoms with Crippen LogP contribution in [-0.4, -0.2) is 13.2 Å². The van der Waals surface area contributed by atoms with E-state index in [9.17, 15) is 4.39 Å². The first-order valence-electron chi connectivity index (χ1n) is 5.26. The molecule has 0 radical (unpaired) electrons. The molecule has 0 heterocycles. The summed E-state index contributed by atoms with van der Waals surface area (Å²) in [5.41, 5.74) is 2.48. The van der Waals surface area contributed by atoms with Gasteiger partial charge in [0.05, 0.1) is 6.67 Å². The predicted molar refractivity (Wildman–Crippen MR) is 59.5 cm³/mol. The van der Waals surface area contributed by atoms with Gasteiger partial charge in [-0.05, 0) is 24.5 Å². The van der Waals surface area contributed by atoms with E-state index in [4.69, 9.17) is 0 Å². The summed E-state index contributed by atoms with van der Waals surface area (Å²) in [6.07, 6.45) is 2.81. The third-order valence-electron chi connectivity index (χ3n) is 2.16. The molecule has 0 aliphatic carbocycles. The zero-order chi connectivity index (χ0) is 10.2. The average Bonchev–Trinajstić information content (AvgIpc) is 2.21. The Bertz CT molecular complexity index is 260. The van der Waals surface area contributed by atoms with Gasteiger partial charge in [-0.3, -0.25) is 4.39 Å².